The van der Waals surface area contributed by atoms with Gasteiger partial charge in [-0.05, 0) is 25.1 Å². The molecule has 2 amide bonds. The molecular weight excluding hydrogens is 286 g/mol. The molecule has 1 aromatic heterocycles. The van der Waals surface area contributed by atoms with Crippen molar-refractivity contribution in [1.29, 1.82) is 0 Å². The Balaban J connectivity index is 2.37. The minimum Gasteiger partial charge on any atom is -0.397 e. The van der Waals surface area contributed by atoms with Crippen molar-refractivity contribution in [3.05, 3.63) is 28.1 Å². The molecule has 5 nitrogen and oxygen atoms in total. The van der Waals surface area contributed by atoms with E-state index in [0.717, 1.165) is 10.1 Å². The number of carbonyl (C=O) groups is 2. The molecule has 0 saturated carbocycles. The number of nitrogens with two attached hydrogens (primary N) is 2. The number of carbonyl (C=O) groups excluding carboxylic acids is 2. The summed E-state index contributed by atoms with van der Waals surface area (Å²) in [6.45, 7) is 1.51. The number of hydrogen-bond acceptors (Lipinski definition) is 4. The van der Waals surface area contributed by atoms with Crippen LogP contribution in [0.4, 0.5) is 5.69 Å². The Bertz CT molecular complexity index is 668. The zero-order valence-electron chi connectivity index (χ0n) is 10.1. The van der Waals surface area contributed by atoms with Crippen LogP contribution >= 0.6 is 22.9 Å². The van der Waals surface area contributed by atoms with Crippen LogP contribution in [0.25, 0.3) is 10.1 Å². The SMILES string of the molecule is CC(NC(=O)c1sc2ccc(Cl)cc2c1N)C(N)=O. The zero-order valence-corrected chi connectivity index (χ0v) is 11.6. The minimum atomic E-state index is -0.749. The van der Waals surface area contributed by atoms with Crippen molar-refractivity contribution in [2.45, 2.75) is 13.0 Å². The van der Waals surface area contributed by atoms with Crippen molar-refractivity contribution >= 4 is 50.5 Å². The van der Waals surface area contributed by atoms with Crippen LogP contribution in [0.3, 0.4) is 0 Å². The summed E-state index contributed by atoms with van der Waals surface area (Å²) in [5.41, 5.74) is 11.4. The number of rotatable bonds is 3. The maximum Gasteiger partial charge on any atom is 0.264 e. The Labute approximate surface area is 118 Å². The van der Waals surface area contributed by atoms with Crippen molar-refractivity contribution in [1.82, 2.24) is 5.32 Å². The van der Waals surface area contributed by atoms with E-state index < -0.39 is 17.9 Å². The molecule has 1 aromatic carbocycles. The van der Waals surface area contributed by atoms with Crippen LogP contribution in [0.1, 0.15) is 16.6 Å². The Morgan fingerprint density at radius 1 is 1.42 bits per heavy atom. The summed E-state index contributed by atoms with van der Waals surface area (Å²) >= 11 is 7.14. The van der Waals surface area contributed by atoms with Crippen molar-refractivity contribution < 1.29 is 9.59 Å². The van der Waals surface area contributed by atoms with Gasteiger partial charge in [-0.15, -0.1) is 11.3 Å². The average Bonchev–Trinajstić information content (AvgIpc) is 2.66. The predicted molar refractivity (Wildman–Crippen MR) is 77.4 cm³/mol. The van der Waals surface area contributed by atoms with E-state index in [1.54, 1.807) is 18.2 Å². The Morgan fingerprint density at radius 2 is 2.11 bits per heavy atom. The van der Waals surface area contributed by atoms with Crippen LogP contribution < -0.4 is 16.8 Å². The van der Waals surface area contributed by atoms with Crippen molar-refractivity contribution in [2.24, 2.45) is 5.73 Å². The van der Waals surface area contributed by atoms with Gasteiger partial charge in [-0.2, -0.15) is 0 Å². The second-order valence-corrected chi connectivity index (χ2v) is 5.57. The van der Waals surface area contributed by atoms with Crippen LogP contribution in [0.15, 0.2) is 18.2 Å². The van der Waals surface area contributed by atoms with Gasteiger partial charge < -0.3 is 16.8 Å². The van der Waals surface area contributed by atoms with Gasteiger partial charge in [-0.1, -0.05) is 11.6 Å². The number of benzene rings is 1. The standard InChI is InChI=1S/C12H12ClN3O2S/c1-5(11(15)17)16-12(18)10-9(14)7-4-6(13)2-3-8(7)19-10/h2-5H,14H2,1H3,(H2,15,17)(H,16,18). The highest BCUT2D eigenvalue weighted by atomic mass is 35.5. The number of primary amides is 1. The van der Waals surface area contributed by atoms with Crippen molar-refractivity contribution in [3.8, 4) is 0 Å². The molecule has 2 rings (SSSR count). The molecule has 0 aliphatic heterocycles. The summed E-state index contributed by atoms with van der Waals surface area (Å²) in [6.07, 6.45) is 0. The molecule has 0 aliphatic rings. The molecule has 0 saturated heterocycles. The molecule has 7 heteroatoms. The second kappa shape index (κ2) is 5.07. The molecule has 0 fully saturated rings. The van der Waals surface area contributed by atoms with E-state index in [0.29, 0.717) is 15.6 Å². The van der Waals surface area contributed by atoms with Crippen LogP contribution in [0, 0.1) is 0 Å². The lowest BCUT2D eigenvalue weighted by Gasteiger charge is -2.09. The van der Waals surface area contributed by atoms with Gasteiger partial charge in [0.15, 0.2) is 0 Å². The predicted octanol–water partition coefficient (Wildman–Crippen LogP) is 1.74. The Kier molecular flexibility index (Phi) is 3.64. The first-order chi connectivity index (χ1) is 8.90. The van der Waals surface area contributed by atoms with Crippen molar-refractivity contribution in [3.63, 3.8) is 0 Å². The molecular formula is C12H12ClN3O2S. The van der Waals surface area contributed by atoms with E-state index in [1.165, 1.54) is 18.3 Å². The molecule has 1 heterocycles. The number of anilines is 1. The Hall–Kier alpha value is -1.79. The van der Waals surface area contributed by atoms with Gasteiger partial charge in [0.05, 0.1) is 5.69 Å². The van der Waals surface area contributed by atoms with Gasteiger partial charge in [0, 0.05) is 15.1 Å². The fourth-order valence-electron chi connectivity index (χ4n) is 1.59. The van der Waals surface area contributed by atoms with E-state index in [-0.39, 0.29) is 0 Å². The summed E-state index contributed by atoms with van der Waals surface area (Å²) in [4.78, 5) is 23.3. The first-order valence-electron chi connectivity index (χ1n) is 5.48. The number of nitrogen functional groups attached to an aromatic ring is 1. The fourth-order valence-corrected chi connectivity index (χ4v) is 2.77. The summed E-state index contributed by atoms with van der Waals surface area (Å²) in [5, 5.41) is 3.78. The van der Waals surface area contributed by atoms with Crippen LogP contribution in [0.5, 0.6) is 0 Å². The number of halogens is 1. The number of fused-ring (bicyclic) bond motifs is 1. The van der Waals surface area contributed by atoms with E-state index >= 15 is 0 Å². The molecule has 100 valence electrons. The van der Waals surface area contributed by atoms with Crippen molar-refractivity contribution in [2.75, 3.05) is 5.73 Å². The zero-order chi connectivity index (χ0) is 14.2. The number of nitrogens with one attached hydrogen (secondary N) is 1. The lowest BCUT2D eigenvalue weighted by molar-refractivity contribution is -0.119. The molecule has 1 unspecified atom stereocenters. The van der Waals surface area contributed by atoms with Crippen LogP contribution in [-0.4, -0.2) is 17.9 Å². The van der Waals surface area contributed by atoms with Crippen LogP contribution in [-0.2, 0) is 4.79 Å². The fraction of sp³-hybridized carbons (Fsp3) is 0.167. The van der Waals surface area contributed by atoms with Crippen LogP contribution in [0.2, 0.25) is 5.02 Å². The average molecular weight is 298 g/mol. The lowest BCUT2D eigenvalue weighted by Crippen LogP contribution is -2.42. The summed E-state index contributed by atoms with van der Waals surface area (Å²) in [7, 11) is 0. The van der Waals surface area contributed by atoms with E-state index in [1.807, 2.05) is 0 Å². The first-order valence-corrected chi connectivity index (χ1v) is 6.67. The topological polar surface area (TPSA) is 98.2 Å². The second-order valence-electron chi connectivity index (χ2n) is 4.08. The molecule has 1 atom stereocenters. The summed E-state index contributed by atoms with van der Waals surface area (Å²) < 4.78 is 0.860. The van der Waals surface area contributed by atoms with Gasteiger partial charge in [0.2, 0.25) is 5.91 Å². The monoisotopic (exact) mass is 297 g/mol. The highest BCUT2D eigenvalue weighted by molar-refractivity contribution is 7.21. The minimum absolute atomic E-state index is 0.352. The third kappa shape index (κ3) is 2.64. The molecule has 19 heavy (non-hydrogen) atoms. The third-order valence-electron chi connectivity index (χ3n) is 2.67. The van der Waals surface area contributed by atoms with Gasteiger partial charge in [0.25, 0.3) is 5.91 Å². The van der Waals surface area contributed by atoms with E-state index in [9.17, 15) is 9.59 Å². The quantitative estimate of drug-likeness (QED) is 0.804. The molecule has 0 radical (unpaired) electrons. The molecule has 2 aromatic rings. The number of hydrogen-bond donors (Lipinski definition) is 3. The highest BCUT2D eigenvalue weighted by Gasteiger charge is 2.19. The van der Waals surface area contributed by atoms with Gasteiger partial charge in [0.1, 0.15) is 10.9 Å². The Morgan fingerprint density at radius 3 is 2.74 bits per heavy atom. The molecule has 0 bridgehead atoms. The van der Waals surface area contributed by atoms with E-state index in [2.05, 4.69) is 5.32 Å². The lowest BCUT2D eigenvalue weighted by atomic mass is 10.2. The molecule has 0 aliphatic carbocycles. The highest BCUT2D eigenvalue weighted by Crippen LogP contribution is 2.35. The maximum absolute atomic E-state index is 12.0. The van der Waals surface area contributed by atoms with Gasteiger partial charge in [-0.25, -0.2) is 0 Å². The van der Waals surface area contributed by atoms with Gasteiger partial charge in [-0.3, -0.25) is 9.59 Å². The maximum atomic E-state index is 12.0. The number of amides is 2. The van der Waals surface area contributed by atoms with E-state index in [4.69, 9.17) is 23.1 Å². The normalized spacial score (nSPS) is 12.3. The first kappa shape index (κ1) is 13.6. The smallest absolute Gasteiger partial charge is 0.264 e. The third-order valence-corrected chi connectivity index (χ3v) is 4.09. The molecule has 5 N–H and O–H groups in total. The largest absolute Gasteiger partial charge is 0.397 e. The van der Waals surface area contributed by atoms with Gasteiger partial charge >= 0.3 is 0 Å². The summed E-state index contributed by atoms with van der Waals surface area (Å²) in [6, 6.07) is 4.48. The summed E-state index contributed by atoms with van der Waals surface area (Å²) in [5.74, 6) is -1.02. The molecule has 0 spiro atoms. The number of thiophene rings is 1.